The lowest BCUT2D eigenvalue weighted by Crippen LogP contribution is -2.31. The number of benzene rings is 2. The summed E-state index contributed by atoms with van der Waals surface area (Å²) in [6.45, 7) is 3.66. The first kappa shape index (κ1) is 15.7. The number of amides is 1. The highest BCUT2D eigenvalue weighted by Gasteiger charge is 2.19. The minimum Gasteiger partial charge on any atom is -0.491 e. The molecule has 0 spiro atoms. The number of hydrogen-bond acceptors (Lipinski definition) is 3. The second kappa shape index (κ2) is 6.24. The van der Waals surface area contributed by atoms with Gasteiger partial charge in [-0.15, -0.1) is 0 Å². The van der Waals surface area contributed by atoms with E-state index in [0.29, 0.717) is 26.1 Å². The van der Waals surface area contributed by atoms with E-state index in [2.05, 4.69) is 35.4 Å². The highest BCUT2D eigenvalue weighted by atomic mass is 16.5. The number of carbonyl (C=O) groups is 1. The molecule has 0 saturated heterocycles. The molecular weight excluding hydrogens is 314 g/mol. The van der Waals surface area contributed by atoms with Gasteiger partial charge in [-0.1, -0.05) is 31.2 Å². The van der Waals surface area contributed by atoms with Gasteiger partial charge in [-0.2, -0.15) is 5.10 Å². The summed E-state index contributed by atoms with van der Waals surface area (Å²) in [6.07, 6.45) is 2.40. The van der Waals surface area contributed by atoms with Gasteiger partial charge in [-0.25, -0.2) is 0 Å². The first-order valence-corrected chi connectivity index (χ1v) is 8.62. The molecule has 128 valence electrons. The molecule has 0 atom stereocenters. The predicted molar refractivity (Wildman–Crippen MR) is 97.4 cm³/mol. The predicted octanol–water partition coefficient (Wildman–Crippen LogP) is 3.37. The fourth-order valence-electron chi connectivity index (χ4n) is 3.46. The number of rotatable bonds is 2. The average molecular weight is 335 g/mol. The van der Waals surface area contributed by atoms with Gasteiger partial charge in [-0.3, -0.25) is 9.48 Å². The number of ether oxygens (including phenoxy) is 1. The van der Waals surface area contributed by atoms with Crippen LogP contribution >= 0.6 is 0 Å². The Balaban J connectivity index is 1.79. The lowest BCUT2D eigenvalue weighted by Gasteiger charge is -2.19. The van der Waals surface area contributed by atoms with Gasteiger partial charge >= 0.3 is 0 Å². The van der Waals surface area contributed by atoms with Crippen molar-refractivity contribution in [3.8, 4) is 16.9 Å². The molecule has 0 unspecified atom stereocenters. The first-order valence-electron chi connectivity index (χ1n) is 8.62. The molecule has 2 aromatic carbocycles. The summed E-state index contributed by atoms with van der Waals surface area (Å²) in [7, 11) is 1.96. The zero-order valence-corrected chi connectivity index (χ0v) is 14.5. The molecule has 2 heterocycles. The quantitative estimate of drug-likeness (QED) is 0.721. The molecule has 0 saturated carbocycles. The zero-order chi connectivity index (χ0) is 17.4. The zero-order valence-electron chi connectivity index (χ0n) is 14.5. The number of para-hydroxylation sites is 1. The van der Waals surface area contributed by atoms with Crippen molar-refractivity contribution in [1.82, 2.24) is 14.7 Å². The Morgan fingerprint density at radius 1 is 1.28 bits per heavy atom. The normalized spacial score (nSPS) is 14.1. The third-order valence-corrected chi connectivity index (χ3v) is 4.77. The van der Waals surface area contributed by atoms with Crippen molar-refractivity contribution < 1.29 is 9.53 Å². The maximum atomic E-state index is 12.1. The highest BCUT2D eigenvalue weighted by Crippen LogP contribution is 2.33. The summed E-state index contributed by atoms with van der Waals surface area (Å²) in [6, 6.07) is 12.5. The van der Waals surface area contributed by atoms with Crippen LogP contribution < -0.4 is 4.74 Å². The SMILES string of the molecule is CCC(=O)N1CCOc2ccc(-c3cccc4cnn(C)c34)cc2C1. The summed E-state index contributed by atoms with van der Waals surface area (Å²) < 4.78 is 7.75. The lowest BCUT2D eigenvalue weighted by molar-refractivity contribution is -0.131. The summed E-state index contributed by atoms with van der Waals surface area (Å²) in [5.74, 6) is 1.03. The molecule has 4 rings (SSSR count). The van der Waals surface area contributed by atoms with Crippen LogP contribution in [0.4, 0.5) is 0 Å². The van der Waals surface area contributed by atoms with Gasteiger partial charge in [-0.05, 0) is 17.7 Å². The smallest absolute Gasteiger partial charge is 0.222 e. The monoisotopic (exact) mass is 335 g/mol. The molecule has 25 heavy (non-hydrogen) atoms. The van der Waals surface area contributed by atoms with E-state index in [1.807, 2.05) is 35.8 Å². The Bertz CT molecular complexity index is 945. The molecule has 0 radical (unpaired) electrons. The average Bonchev–Trinajstić information content (AvgIpc) is 2.89. The first-order chi connectivity index (χ1) is 12.2. The maximum Gasteiger partial charge on any atom is 0.222 e. The Labute approximate surface area is 146 Å². The van der Waals surface area contributed by atoms with Gasteiger partial charge in [0.1, 0.15) is 12.4 Å². The van der Waals surface area contributed by atoms with Crippen LogP contribution in [0.2, 0.25) is 0 Å². The van der Waals surface area contributed by atoms with Crippen LogP contribution in [0.15, 0.2) is 42.6 Å². The van der Waals surface area contributed by atoms with E-state index in [1.54, 1.807) is 0 Å². The number of fused-ring (bicyclic) bond motifs is 2. The minimum atomic E-state index is 0.163. The lowest BCUT2D eigenvalue weighted by atomic mass is 10.00. The van der Waals surface area contributed by atoms with Gasteiger partial charge < -0.3 is 9.64 Å². The Morgan fingerprint density at radius 2 is 2.16 bits per heavy atom. The Morgan fingerprint density at radius 3 is 3.00 bits per heavy atom. The molecule has 1 aliphatic heterocycles. The molecule has 5 nitrogen and oxygen atoms in total. The van der Waals surface area contributed by atoms with Crippen LogP contribution in [-0.2, 0) is 18.4 Å². The van der Waals surface area contributed by atoms with Gasteiger partial charge in [0, 0.05) is 36.5 Å². The number of nitrogens with zero attached hydrogens (tertiary/aromatic N) is 3. The van der Waals surface area contributed by atoms with E-state index in [0.717, 1.165) is 33.3 Å². The number of aromatic nitrogens is 2. The number of carbonyl (C=O) groups excluding carboxylic acids is 1. The van der Waals surface area contributed by atoms with E-state index in [-0.39, 0.29) is 5.91 Å². The molecule has 1 aromatic heterocycles. The van der Waals surface area contributed by atoms with Crippen molar-refractivity contribution in [2.45, 2.75) is 19.9 Å². The van der Waals surface area contributed by atoms with Crippen LogP contribution in [0.1, 0.15) is 18.9 Å². The molecule has 0 aliphatic carbocycles. The van der Waals surface area contributed by atoms with Crippen molar-refractivity contribution in [1.29, 1.82) is 0 Å². The third-order valence-electron chi connectivity index (χ3n) is 4.77. The van der Waals surface area contributed by atoms with Gasteiger partial charge in [0.15, 0.2) is 0 Å². The second-order valence-corrected chi connectivity index (χ2v) is 6.35. The van der Waals surface area contributed by atoms with Gasteiger partial charge in [0.25, 0.3) is 0 Å². The Hall–Kier alpha value is -2.82. The van der Waals surface area contributed by atoms with Crippen molar-refractivity contribution in [3.63, 3.8) is 0 Å². The maximum absolute atomic E-state index is 12.1. The Kier molecular flexibility index (Phi) is 3.92. The fraction of sp³-hybridized carbons (Fsp3) is 0.300. The molecule has 1 amide bonds. The molecule has 1 aliphatic rings. The van der Waals surface area contributed by atoms with Crippen molar-refractivity contribution >= 4 is 16.8 Å². The molecule has 0 fully saturated rings. The topological polar surface area (TPSA) is 47.4 Å². The molecule has 5 heteroatoms. The van der Waals surface area contributed by atoms with Crippen LogP contribution in [0.5, 0.6) is 5.75 Å². The standard InChI is InChI=1S/C20H21N3O2/c1-3-19(24)23-9-10-25-18-8-7-14(11-16(18)13-23)17-6-4-5-15-12-21-22(2)20(15)17/h4-8,11-12H,3,9-10,13H2,1-2H3. The molecule has 3 aromatic rings. The van der Waals surface area contributed by atoms with Crippen molar-refractivity contribution in [2.75, 3.05) is 13.2 Å². The third kappa shape index (κ3) is 2.76. The second-order valence-electron chi connectivity index (χ2n) is 6.35. The van der Waals surface area contributed by atoms with E-state index in [1.165, 1.54) is 0 Å². The van der Waals surface area contributed by atoms with E-state index in [9.17, 15) is 4.79 Å². The number of hydrogen-bond donors (Lipinski definition) is 0. The summed E-state index contributed by atoms with van der Waals surface area (Å²) in [5, 5.41) is 5.49. The van der Waals surface area contributed by atoms with Crippen LogP contribution in [0, 0.1) is 0 Å². The van der Waals surface area contributed by atoms with Gasteiger partial charge in [0.2, 0.25) is 5.91 Å². The van der Waals surface area contributed by atoms with E-state index in [4.69, 9.17) is 4.74 Å². The largest absolute Gasteiger partial charge is 0.491 e. The van der Waals surface area contributed by atoms with Crippen LogP contribution in [0.25, 0.3) is 22.0 Å². The highest BCUT2D eigenvalue weighted by molar-refractivity contribution is 5.94. The van der Waals surface area contributed by atoms with Gasteiger partial charge in [0.05, 0.1) is 18.3 Å². The summed E-state index contributed by atoms with van der Waals surface area (Å²) in [5.41, 5.74) is 4.41. The van der Waals surface area contributed by atoms with Crippen LogP contribution in [0.3, 0.4) is 0 Å². The van der Waals surface area contributed by atoms with Crippen LogP contribution in [-0.4, -0.2) is 33.7 Å². The number of aryl methyl sites for hydroxylation is 1. The molecular formula is C20H21N3O2. The summed E-state index contributed by atoms with van der Waals surface area (Å²) >= 11 is 0. The molecule has 0 N–H and O–H groups in total. The molecule has 0 bridgehead atoms. The van der Waals surface area contributed by atoms with Crippen molar-refractivity contribution in [2.24, 2.45) is 7.05 Å². The van der Waals surface area contributed by atoms with E-state index < -0.39 is 0 Å². The van der Waals surface area contributed by atoms with Crippen molar-refractivity contribution in [3.05, 3.63) is 48.2 Å². The summed E-state index contributed by atoms with van der Waals surface area (Å²) in [4.78, 5) is 14.0. The fourth-order valence-corrected chi connectivity index (χ4v) is 3.46. The van der Waals surface area contributed by atoms with E-state index >= 15 is 0 Å². The minimum absolute atomic E-state index is 0.163.